The van der Waals surface area contributed by atoms with Gasteiger partial charge in [0.15, 0.2) is 0 Å². The molecule has 1 amide bonds. The second-order valence-corrected chi connectivity index (χ2v) is 8.20. The minimum absolute atomic E-state index is 0.00113. The summed E-state index contributed by atoms with van der Waals surface area (Å²) in [5, 5.41) is 22.1. The molecule has 0 spiro atoms. The van der Waals surface area contributed by atoms with E-state index in [1.54, 1.807) is 12.1 Å². The Kier molecular flexibility index (Phi) is 9.11. The van der Waals surface area contributed by atoms with Crippen molar-refractivity contribution in [2.75, 3.05) is 0 Å². The summed E-state index contributed by atoms with van der Waals surface area (Å²) in [7, 11) is 0. The summed E-state index contributed by atoms with van der Waals surface area (Å²) >= 11 is 1.10. The molecule has 1 aromatic rings. The number of thioether (sulfide) groups is 1. The number of nitro benzene ring substituents is 1. The average Bonchev–Trinajstić information content (AvgIpc) is 2.71. The molecule has 0 aromatic heterocycles. The van der Waals surface area contributed by atoms with Crippen LogP contribution in [0.1, 0.15) is 56.9 Å². The molecule has 2 N–H and O–H groups in total. The molecular weight excluding hydrogens is 396 g/mol. The van der Waals surface area contributed by atoms with Gasteiger partial charge in [0, 0.05) is 30.7 Å². The highest BCUT2D eigenvalue weighted by Crippen LogP contribution is 2.30. The van der Waals surface area contributed by atoms with E-state index < -0.39 is 16.9 Å². The first-order chi connectivity index (χ1) is 13.9. The zero-order chi connectivity index (χ0) is 21.2. The minimum Gasteiger partial charge on any atom is -0.481 e. The largest absolute Gasteiger partial charge is 0.481 e. The van der Waals surface area contributed by atoms with E-state index in [0.717, 1.165) is 49.4 Å². The van der Waals surface area contributed by atoms with Crippen molar-refractivity contribution in [1.82, 2.24) is 5.32 Å². The lowest BCUT2D eigenvalue weighted by molar-refractivity contribution is -0.384. The van der Waals surface area contributed by atoms with Crippen LogP contribution in [0.5, 0.6) is 0 Å². The Bertz CT molecular complexity index is 731. The van der Waals surface area contributed by atoms with Crippen LogP contribution in [0.2, 0.25) is 0 Å². The standard InChI is InChI=1S/C20H26N2O6S/c23-17(7-4-8-18(24)25)21-19(15-5-2-1-3-6-15)20(26)29-13-14-9-11-16(12-10-14)22(27)28/h9-12,15,19H,1-8,13H2,(H,21,23)(H,24,25)/t19-/m0/s1. The molecule has 0 aliphatic heterocycles. The molecule has 29 heavy (non-hydrogen) atoms. The molecule has 0 heterocycles. The van der Waals surface area contributed by atoms with Crippen molar-refractivity contribution < 1.29 is 24.4 Å². The predicted octanol–water partition coefficient (Wildman–Crippen LogP) is 3.67. The zero-order valence-electron chi connectivity index (χ0n) is 16.2. The second kappa shape index (κ2) is 11.5. The van der Waals surface area contributed by atoms with Crippen molar-refractivity contribution in [2.45, 2.75) is 63.2 Å². The van der Waals surface area contributed by atoms with Gasteiger partial charge in [-0.25, -0.2) is 0 Å². The SMILES string of the molecule is O=C(O)CCCC(=O)N[C@H](C(=O)SCc1ccc([N+](=O)[O-])cc1)C1CCCCC1. The fourth-order valence-electron chi connectivity index (χ4n) is 3.44. The minimum atomic E-state index is -0.948. The van der Waals surface area contributed by atoms with Crippen molar-refractivity contribution in [1.29, 1.82) is 0 Å². The molecule has 8 nitrogen and oxygen atoms in total. The quantitative estimate of drug-likeness (QED) is 0.435. The van der Waals surface area contributed by atoms with Gasteiger partial charge in [-0.1, -0.05) is 43.2 Å². The van der Waals surface area contributed by atoms with Gasteiger partial charge in [0.25, 0.3) is 5.69 Å². The Labute approximate surface area is 173 Å². The third-order valence-corrected chi connectivity index (χ3v) is 6.03. The molecule has 1 aliphatic rings. The first-order valence-corrected chi connectivity index (χ1v) is 10.8. The number of non-ortho nitro benzene ring substituents is 1. The van der Waals surface area contributed by atoms with Crippen molar-refractivity contribution in [3.63, 3.8) is 0 Å². The van der Waals surface area contributed by atoms with Crippen LogP contribution in [-0.2, 0) is 20.1 Å². The number of nitro groups is 1. The highest BCUT2D eigenvalue weighted by atomic mass is 32.2. The fraction of sp³-hybridized carbons (Fsp3) is 0.550. The molecule has 1 aromatic carbocycles. The molecule has 2 rings (SSSR count). The van der Waals surface area contributed by atoms with Crippen LogP contribution >= 0.6 is 11.8 Å². The van der Waals surface area contributed by atoms with Gasteiger partial charge in [0.05, 0.1) is 4.92 Å². The summed E-state index contributed by atoms with van der Waals surface area (Å²) in [6, 6.07) is 5.47. The maximum absolute atomic E-state index is 12.9. The number of carbonyl (C=O) groups is 3. The van der Waals surface area contributed by atoms with Gasteiger partial charge in [0.2, 0.25) is 11.0 Å². The number of rotatable bonds is 10. The van der Waals surface area contributed by atoms with E-state index in [4.69, 9.17) is 5.11 Å². The maximum atomic E-state index is 12.9. The number of hydrogen-bond donors (Lipinski definition) is 2. The van der Waals surface area contributed by atoms with Crippen molar-refractivity contribution >= 4 is 34.4 Å². The van der Waals surface area contributed by atoms with Gasteiger partial charge >= 0.3 is 5.97 Å². The van der Waals surface area contributed by atoms with Gasteiger partial charge in [-0.05, 0) is 30.7 Å². The van der Waals surface area contributed by atoms with Gasteiger partial charge in [-0.2, -0.15) is 0 Å². The predicted molar refractivity (Wildman–Crippen MR) is 109 cm³/mol. The Morgan fingerprint density at radius 2 is 1.79 bits per heavy atom. The van der Waals surface area contributed by atoms with E-state index in [2.05, 4.69) is 5.32 Å². The molecule has 1 aliphatic carbocycles. The molecule has 0 bridgehead atoms. The average molecular weight is 423 g/mol. The molecule has 0 saturated heterocycles. The second-order valence-electron chi connectivity index (χ2n) is 7.22. The van der Waals surface area contributed by atoms with Gasteiger partial charge in [-0.3, -0.25) is 24.5 Å². The smallest absolute Gasteiger partial charge is 0.303 e. The summed E-state index contributed by atoms with van der Waals surface area (Å²) in [6.45, 7) is 0. The number of nitrogens with zero attached hydrogens (tertiary/aromatic N) is 1. The molecule has 0 radical (unpaired) electrons. The number of amides is 1. The Morgan fingerprint density at radius 1 is 1.14 bits per heavy atom. The molecule has 1 fully saturated rings. The summed E-state index contributed by atoms with van der Waals surface area (Å²) in [6.07, 6.45) is 5.17. The normalized spacial score (nSPS) is 15.4. The van der Waals surface area contributed by atoms with Gasteiger partial charge in [-0.15, -0.1) is 0 Å². The van der Waals surface area contributed by atoms with E-state index in [0.29, 0.717) is 5.75 Å². The van der Waals surface area contributed by atoms with E-state index >= 15 is 0 Å². The molecule has 0 unspecified atom stereocenters. The number of nitrogens with one attached hydrogen (secondary N) is 1. The number of carboxylic acid groups (broad SMARTS) is 1. The first kappa shape index (κ1) is 22.9. The van der Waals surface area contributed by atoms with Crippen LogP contribution in [0.4, 0.5) is 5.69 Å². The van der Waals surface area contributed by atoms with Gasteiger partial charge in [0.1, 0.15) is 6.04 Å². The Hall–Kier alpha value is -2.42. The van der Waals surface area contributed by atoms with Crippen LogP contribution in [0.15, 0.2) is 24.3 Å². The van der Waals surface area contributed by atoms with Gasteiger partial charge < -0.3 is 10.4 Å². The zero-order valence-corrected chi connectivity index (χ0v) is 17.0. The van der Waals surface area contributed by atoms with Crippen molar-refractivity contribution in [2.24, 2.45) is 5.92 Å². The molecule has 9 heteroatoms. The summed E-state index contributed by atoms with van der Waals surface area (Å²) in [5.41, 5.74) is 0.794. The molecule has 158 valence electrons. The van der Waals surface area contributed by atoms with E-state index in [1.165, 1.54) is 12.1 Å². The van der Waals surface area contributed by atoms with Crippen LogP contribution < -0.4 is 5.32 Å². The number of hydrogen-bond acceptors (Lipinski definition) is 6. The molecule has 1 saturated carbocycles. The first-order valence-electron chi connectivity index (χ1n) is 9.78. The highest BCUT2D eigenvalue weighted by Gasteiger charge is 2.31. The molecular formula is C20H26N2O6S. The number of benzene rings is 1. The van der Waals surface area contributed by atoms with Crippen molar-refractivity contribution in [3.05, 3.63) is 39.9 Å². The van der Waals surface area contributed by atoms with E-state index in [1.807, 2.05) is 0 Å². The van der Waals surface area contributed by atoms with E-state index in [9.17, 15) is 24.5 Å². The third-order valence-electron chi connectivity index (χ3n) is 5.01. The highest BCUT2D eigenvalue weighted by molar-refractivity contribution is 8.13. The number of carbonyl (C=O) groups excluding carboxylic acids is 2. The van der Waals surface area contributed by atoms with Crippen molar-refractivity contribution in [3.8, 4) is 0 Å². The Morgan fingerprint density at radius 3 is 2.38 bits per heavy atom. The Balaban J connectivity index is 1.95. The van der Waals surface area contributed by atoms with Crippen LogP contribution in [-0.4, -0.2) is 33.1 Å². The number of aliphatic carboxylic acids is 1. The summed E-state index contributed by atoms with van der Waals surface area (Å²) in [5.74, 6) is -0.791. The summed E-state index contributed by atoms with van der Waals surface area (Å²) < 4.78 is 0. The van der Waals surface area contributed by atoms with E-state index in [-0.39, 0.29) is 41.9 Å². The topological polar surface area (TPSA) is 127 Å². The van der Waals surface area contributed by atoms with Crippen LogP contribution in [0, 0.1) is 16.0 Å². The number of carboxylic acids is 1. The van der Waals surface area contributed by atoms with Crippen LogP contribution in [0.3, 0.4) is 0 Å². The molecule has 1 atom stereocenters. The lowest BCUT2D eigenvalue weighted by Crippen LogP contribution is -2.45. The lowest BCUT2D eigenvalue weighted by Gasteiger charge is -2.29. The lowest BCUT2D eigenvalue weighted by atomic mass is 9.84. The maximum Gasteiger partial charge on any atom is 0.303 e. The monoisotopic (exact) mass is 422 g/mol. The fourth-order valence-corrected chi connectivity index (χ4v) is 4.37. The summed E-state index contributed by atoms with van der Waals surface area (Å²) in [4.78, 5) is 46.0. The third kappa shape index (κ3) is 7.84. The van der Waals surface area contributed by atoms with Crippen LogP contribution in [0.25, 0.3) is 0 Å².